The molecule has 27 heavy (non-hydrogen) atoms. The molecule has 0 unspecified atom stereocenters. The highest BCUT2D eigenvalue weighted by Crippen LogP contribution is 2.26. The maximum atomic E-state index is 11.6. The summed E-state index contributed by atoms with van der Waals surface area (Å²) in [5, 5.41) is 4.53. The van der Waals surface area contributed by atoms with Crippen molar-refractivity contribution in [1.29, 1.82) is 0 Å². The molecule has 2 aromatic carbocycles. The van der Waals surface area contributed by atoms with E-state index in [4.69, 9.17) is 9.47 Å². The quantitative estimate of drug-likeness (QED) is 0.475. The van der Waals surface area contributed by atoms with Gasteiger partial charge in [0.2, 0.25) is 0 Å². The molecule has 0 saturated carbocycles. The monoisotopic (exact) mass is 362 g/mol. The van der Waals surface area contributed by atoms with Gasteiger partial charge in [0.05, 0.1) is 25.5 Å². The number of carbonyl (C=O) groups is 2. The fraction of sp³-hybridized carbons (Fsp3) is 0.0952. The number of carbonyl (C=O) groups excluding carboxylic acids is 2. The minimum Gasteiger partial charge on any atom is -0.497 e. The van der Waals surface area contributed by atoms with Crippen LogP contribution in [0, 0.1) is 0 Å². The molecule has 1 heterocycles. The number of aldehydes is 2. The molecular formula is C21H18N2O4. The molecule has 0 atom stereocenters. The van der Waals surface area contributed by atoms with Crippen LogP contribution in [0.15, 0.2) is 60.8 Å². The smallest absolute Gasteiger partial charge is 0.153 e. The van der Waals surface area contributed by atoms with Crippen molar-refractivity contribution in [2.75, 3.05) is 14.2 Å². The molecule has 1 aromatic heterocycles. The van der Waals surface area contributed by atoms with Crippen LogP contribution in [0.5, 0.6) is 11.5 Å². The van der Waals surface area contributed by atoms with Gasteiger partial charge in [-0.05, 0) is 48.5 Å². The predicted molar refractivity (Wildman–Crippen MR) is 102 cm³/mol. The normalized spacial score (nSPS) is 11.1. The first-order valence-electron chi connectivity index (χ1n) is 8.19. The molecular weight excluding hydrogens is 344 g/mol. The second-order valence-electron chi connectivity index (χ2n) is 5.64. The van der Waals surface area contributed by atoms with Crippen LogP contribution in [0.25, 0.3) is 17.0 Å². The SMILES string of the molecule is COc1ccc(/C(=C\C=O)n2cc(C=O)c(-c3ccc(OC)cc3)n2)cc1. The van der Waals surface area contributed by atoms with Crippen molar-refractivity contribution < 1.29 is 19.1 Å². The molecule has 0 spiro atoms. The molecule has 136 valence electrons. The highest BCUT2D eigenvalue weighted by Gasteiger charge is 2.14. The maximum absolute atomic E-state index is 11.6. The number of aromatic nitrogens is 2. The van der Waals surface area contributed by atoms with Crippen molar-refractivity contribution in [3.05, 3.63) is 71.9 Å². The molecule has 3 rings (SSSR count). The summed E-state index contributed by atoms with van der Waals surface area (Å²) >= 11 is 0. The first-order valence-corrected chi connectivity index (χ1v) is 8.19. The Labute approximate surface area is 156 Å². The minimum atomic E-state index is 0.422. The van der Waals surface area contributed by atoms with Gasteiger partial charge < -0.3 is 9.47 Å². The molecule has 0 saturated heterocycles. The second-order valence-corrected chi connectivity index (χ2v) is 5.64. The molecule has 6 nitrogen and oxygen atoms in total. The van der Waals surface area contributed by atoms with Crippen molar-refractivity contribution in [2.45, 2.75) is 0 Å². The molecule has 0 N–H and O–H groups in total. The highest BCUT2D eigenvalue weighted by molar-refractivity contribution is 5.87. The van der Waals surface area contributed by atoms with Gasteiger partial charge in [-0.3, -0.25) is 9.59 Å². The van der Waals surface area contributed by atoms with Gasteiger partial charge in [0.15, 0.2) is 6.29 Å². The maximum Gasteiger partial charge on any atom is 0.153 e. The van der Waals surface area contributed by atoms with Crippen molar-refractivity contribution in [1.82, 2.24) is 9.78 Å². The lowest BCUT2D eigenvalue weighted by molar-refractivity contribution is -0.104. The van der Waals surface area contributed by atoms with Crippen LogP contribution in [0.3, 0.4) is 0 Å². The van der Waals surface area contributed by atoms with Crippen LogP contribution in [0.1, 0.15) is 15.9 Å². The molecule has 0 fully saturated rings. The minimum absolute atomic E-state index is 0.422. The van der Waals surface area contributed by atoms with Gasteiger partial charge >= 0.3 is 0 Å². The summed E-state index contributed by atoms with van der Waals surface area (Å²) < 4.78 is 11.9. The fourth-order valence-electron chi connectivity index (χ4n) is 2.70. The highest BCUT2D eigenvalue weighted by atomic mass is 16.5. The summed E-state index contributed by atoms with van der Waals surface area (Å²) in [7, 11) is 3.17. The van der Waals surface area contributed by atoms with Gasteiger partial charge in [0, 0.05) is 23.4 Å². The van der Waals surface area contributed by atoms with E-state index in [1.807, 2.05) is 24.3 Å². The van der Waals surface area contributed by atoms with E-state index in [1.54, 1.807) is 44.7 Å². The van der Waals surface area contributed by atoms with Crippen LogP contribution in [-0.4, -0.2) is 36.6 Å². The van der Waals surface area contributed by atoms with Gasteiger partial charge in [-0.15, -0.1) is 0 Å². The van der Waals surface area contributed by atoms with Gasteiger partial charge in [-0.1, -0.05) is 0 Å². The molecule has 0 aliphatic heterocycles. The van der Waals surface area contributed by atoms with E-state index in [1.165, 1.54) is 10.8 Å². The number of ether oxygens (including phenoxy) is 2. The Morgan fingerprint density at radius 2 is 1.52 bits per heavy atom. The molecule has 0 aliphatic rings. The summed E-state index contributed by atoms with van der Waals surface area (Å²) in [6, 6.07) is 14.5. The average molecular weight is 362 g/mol. The lowest BCUT2D eigenvalue weighted by Crippen LogP contribution is -2.00. The van der Waals surface area contributed by atoms with E-state index in [0.717, 1.165) is 17.4 Å². The molecule has 0 bridgehead atoms. The molecule has 3 aromatic rings. The van der Waals surface area contributed by atoms with Crippen LogP contribution >= 0.6 is 0 Å². The lowest BCUT2D eigenvalue weighted by atomic mass is 10.1. The standard InChI is InChI=1S/C21H18N2O4/c1-26-18-7-3-15(4-8-18)20(11-12-24)23-13-17(14-25)21(22-23)16-5-9-19(27-2)10-6-16/h3-14H,1-2H3/b20-11+. The number of nitrogens with zero attached hydrogens (tertiary/aromatic N) is 2. The van der Waals surface area contributed by atoms with Crippen LogP contribution in [0.4, 0.5) is 0 Å². The molecule has 0 amide bonds. The van der Waals surface area contributed by atoms with E-state index in [-0.39, 0.29) is 0 Å². The Hall–Kier alpha value is -3.67. The Bertz CT molecular complexity index is 970. The Morgan fingerprint density at radius 3 is 2.04 bits per heavy atom. The largest absolute Gasteiger partial charge is 0.497 e. The number of hydrogen-bond donors (Lipinski definition) is 0. The van der Waals surface area contributed by atoms with E-state index >= 15 is 0 Å². The Morgan fingerprint density at radius 1 is 0.926 bits per heavy atom. The topological polar surface area (TPSA) is 70.4 Å². The third-order valence-corrected chi connectivity index (χ3v) is 4.09. The van der Waals surface area contributed by atoms with Crippen LogP contribution in [-0.2, 0) is 4.79 Å². The van der Waals surface area contributed by atoms with Crippen LogP contribution in [0.2, 0.25) is 0 Å². The van der Waals surface area contributed by atoms with E-state index < -0.39 is 0 Å². The van der Waals surface area contributed by atoms with Gasteiger partial charge in [0.25, 0.3) is 0 Å². The molecule has 0 radical (unpaired) electrons. The summed E-state index contributed by atoms with van der Waals surface area (Å²) in [5.41, 5.74) is 3.04. The molecule has 6 heteroatoms. The van der Waals surface area contributed by atoms with Gasteiger partial charge in [-0.2, -0.15) is 5.10 Å². The van der Waals surface area contributed by atoms with E-state index in [2.05, 4.69) is 5.10 Å². The van der Waals surface area contributed by atoms with E-state index in [0.29, 0.717) is 34.7 Å². The third-order valence-electron chi connectivity index (χ3n) is 4.09. The summed E-state index contributed by atoms with van der Waals surface area (Å²) in [4.78, 5) is 22.7. The van der Waals surface area contributed by atoms with Crippen molar-refractivity contribution in [3.8, 4) is 22.8 Å². The lowest BCUT2D eigenvalue weighted by Gasteiger charge is -2.08. The zero-order valence-corrected chi connectivity index (χ0v) is 15.0. The zero-order chi connectivity index (χ0) is 19.2. The Kier molecular flexibility index (Phi) is 5.47. The van der Waals surface area contributed by atoms with Crippen molar-refractivity contribution in [2.24, 2.45) is 0 Å². The van der Waals surface area contributed by atoms with Crippen molar-refractivity contribution >= 4 is 18.3 Å². The number of hydrogen-bond acceptors (Lipinski definition) is 5. The molecule has 0 aliphatic carbocycles. The third kappa shape index (κ3) is 3.79. The number of rotatable bonds is 7. The van der Waals surface area contributed by atoms with Gasteiger partial charge in [-0.25, -0.2) is 4.68 Å². The summed E-state index contributed by atoms with van der Waals surface area (Å²) in [5.74, 6) is 1.42. The fourth-order valence-corrected chi connectivity index (χ4v) is 2.70. The number of benzene rings is 2. The average Bonchev–Trinajstić information content (AvgIpc) is 3.16. The summed E-state index contributed by atoms with van der Waals surface area (Å²) in [6.45, 7) is 0. The van der Waals surface area contributed by atoms with E-state index in [9.17, 15) is 9.59 Å². The first kappa shape index (κ1) is 18.1. The van der Waals surface area contributed by atoms with Crippen molar-refractivity contribution in [3.63, 3.8) is 0 Å². The second kappa shape index (κ2) is 8.14. The number of allylic oxidation sites excluding steroid dienone is 1. The van der Waals surface area contributed by atoms with Crippen LogP contribution < -0.4 is 9.47 Å². The first-order chi connectivity index (χ1) is 13.2. The Balaban J connectivity index is 2.05. The predicted octanol–water partition coefficient (Wildman–Crippen LogP) is 3.47. The van der Waals surface area contributed by atoms with Gasteiger partial charge in [0.1, 0.15) is 23.5 Å². The summed E-state index contributed by atoms with van der Waals surface area (Å²) in [6.07, 6.45) is 4.44. The number of methoxy groups -OCH3 is 2. The zero-order valence-electron chi connectivity index (χ0n) is 15.0.